The molecule has 0 spiro atoms. The van der Waals surface area contributed by atoms with Gasteiger partial charge in [0, 0.05) is 25.2 Å². The first-order valence-electron chi connectivity index (χ1n) is 9.71. The van der Waals surface area contributed by atoms with Gasteiger partial charge < -0.3 is 4.98 Å². The standard InChI is InChI=1S/C18H24N6O2S/c1-2-13-8-12(11-27(25,26)23-6-3-7-23)9-14(13)18-22-21-16-10-20-17-15(24(16)18)4-5-19-17/h4-5,10,12-14,19H,2-3,6-9,11H2,1H3/t12?,13-,14+/m0/s1. The summed E-state index contributed by atoms with van der Waals surface area (Å²) in [4.78, 5) is 7.52. The SMILES string of the molecule is CC[C@H]1CC(CS(=O)(=O)N2CCC2)C[C@H]1c1nnc2cnc3[nH]ccc3n12. The number of aromatic nitrogens is 5. The first-order chi connectivity index (χ1) is 13.1. The molecule has 3 atom stereocenters. The number of H-pyrrole nitrogens is 1. The van der Waals surface area contributed by atoms with Crippen LogP contribution in [0.2, 0.25) is 0 Å². The van der Waals surface area contributed by atoms with Crippen molar-refractivity contribution in [2.24, 2.45) is 11.8 Å². The van der Waals surface area contributed by atoms with Crippen LogP contribution in [0.4, 0.5) is 0 Å². The minimum Gasteiger partial charge on any atom is -0.345 e. The molecule has 8 nitrogen and oxygen atoms in total. The first-order valence-corrected chi connectivity index (χ1v) is 11.3. The van der Waals surface area contributed by atoms with Gasteiger partial charge in [-0.1, -0.05) is 13.3 Å². The molecule has 5 rings (SSSR count). The van der Waals surface area contributed by atoms with Gasteiger partial charge in [-0.3, -0.25) is 4.40 Å². The molecule has 1 N–H and O–H groups in total. The quantitative estimate of drug-likeness (QED) is 0.722. The van der Waals surface area contributed by atoms with Crippen LogP contribution in [0.5, 0.6) is 0 Å². The van der Waals surface area contributed by atoms with Crippen LogP contribution in [0.25, 0.3) is 16.8 Å². The zero-order valence-electron chi connectivity index (χ0n) is 15.4. The fraction of sp³-hybridized carbons (Fsp3) is 0.611. The Morgan fingerprint density at radius 2 is 2.11 bits per heavy atom. The van der Waals surface area contributed by atoms with E-state index < -0.39 is 10.0 Å². The van der Waals surface area contributed by atoms with Gasteiger partial charge in [-0.05, 0) is 37.2 Å². The molecule has 27 heavy (non-hydrogen) atoms. The molecule has 1 aliphatic carbocycles. The van der Waals surface area contributed by atoms with E-state index in [1.54, 1.807) is 10.5 Å². The topological polar surface area (TPSA) is 96.2 Å². The van der Waals surface area contributed by atoms with E-state index in [9.17, 15) is 8.42 Å². The molecule has 0 amide bonds. The van der Waals surface area contributed by atoms with Crippen molar-refractivity contribution in [1.82, 2.24) is 28.9 Å². The van der Waals surface area contributed by atoms with E-state index in [1.807, 2.05) is 12.3 Å². The summed E-state index contributed by atoms with van der Waals surface area (Å²) in [7, 11) is -3.12. The van der Waals surface area contributed by atoms with E-state index in [-0.39, 0.29) is 17.6 Å². The molecular weight excluding hydrogens is 364 g/mol. The number of sulfonamides is 1. The molecule has 0 aromatic carbocycles. The molecule has 1 aliphatic heterocycles. The summed E-state index contributed by atoms with van der Waals surface area (Å²) >= 11 is 0. The van der Waals surface area contributed by atoms with E-state index in [4.69, 9.17) is 0 Å². The molecule has 1 saturated carbocycles. The van der Waals surface area contributed by atoms with Crippen LogP contribution in [-0.4, -0.2) is 56.1 Å². The molecule has 3 aromatic heterocycles. The van der Waals surface area contributed by atoms with Gasteiger partial charge >= 0.3 is 0 Å². The van der Waals surface area contributed by atoms with Gasteiger partial charge in [-0.15, -0.1) is 10.2 Å². The Balaban J connectivity index is 1.47. The lowest BCUT2D eigenvalue weighted by Gasteiger charge is -2.30. The molecule has 4 heterocycles. The molecule has 1 unspecified atom stereocenters. The third kappa shape index (κ3) is 2.75. The van der Waals surface area contributed by atoms with E-state index in [0.29, 0.717) is 19.0 Å². The second-order valence-corrected chi connectivity index (χ2v) is 9.88. The Bertz CT molecular complexity index is 1080. The Kier molecular flexibility index (Phi) is 3.98. The van der Waals surface area contributed by atoms with Gasteiger partial charge in [-0.25, -0.2) is 17.7 Å². The smallest absolute Gasteiger partial charge is 0.214 e. The van der Waals surface area contributed by atoms with Gasteiger partial charge in [-0.2, -0.15) is 0 Å². The molecule has 3 aromatic rings. The molecular formula is C18H24N6O2S. The Hall–Kier alpha value is -2.00. The van der Waals surface area contributed by atoms with Crippen molar-refractivity contribution in [3.05, 3.63) is 24.3 Å². The monoisotopic (exact) mass is 388 g/mol. The van der Waals surface area contributed by atoms with Gasteiger partial charge in [0.15, 0.2) is 11.3 Å². The maximum Gasteiger partial charge on any atom is 0.214 e. The van der Waals surface area contributed by atoms with E-state index in [2.05, 4.69) is 31.5 Å². The molecule has 0 bridgehead atoms. The van der Waals surface area contributed by atoms with Crippen LogP contribution in [-0.2, 0) is 10.0 Å². The number of hydrogen-bond acceptors (Lipinski definition) is 5. The fourth-order valence-corrected chi connectivity index (χ4v) is 6.64. The normalized spacial score (nSPS) is 26.8. The van der Waals surface area contributed by atoms with Crippen LogP contribution >= 0.6 is 0 Å². The zero-order valence-corrected chi connectivity index (χ0v) is 16.2. The summed E-state index contributed by atoms with van der Waals surface area (Å²) in [5.41, 5.74) is 2.52. The van der Waals surface area contributed by atoms with Crippen molar-refractivity contribution in [3.8, 4) is 0 Å². The summed E-state index contributed by atoms with van der Waals surface area (Å²) in [6.45, 7) is 3.55. The highest BCUT2D eigenvalue weighted by molar-refractivity contribution is 7.89. The predicted octanol–water partition coefficient (Wildman–Crippen LogP) is 2.16. The zero-order chi connectivity index (χ0) is 18.6. The lowest BCUT2D eigenvalue weighted by atomic mass is 9.93. The van der Waals surface area contributed by atoms with Crippen molar-refractivity contribution in [2.45, 2.75) is 38.5 Å². The predicted molar refractivity (Wildman–Crippen MR) is 102 cm³/mol. The summed E-state index contributed by atoms with van der Waals surface area (Å²) in [6.07, 6.45) is 7.38. The number of nitrogens with one attached hydrogen (secondary N) is 1. The van der Waals surface area contributed by atoms with Gasteiger partial charge in [0.1, 0.15) is 5.82 Å². The number of hydrogen-bond donors (Lipinski definition) is 1. The highest BCUT2D eigenvalue weighted by atomic mass is 32.2. The van der Waals surface area contributed by atoms with Crippen molar-refractivity contribution in [2.75, 3.05) is 18.8 Å². The van der Waals surface area contributed by atoms with Crippen molar-refractivity contribution >= 4 is 26.8 Å². The highest BCUT2D eigenvalue weighted by Crippen LogP contribution is 2.45. The number of fused-ring (bicyclic) bond motifs is 3. The van der Waals surface area contributed by atoms with Crippen LogP contribution in [0.1, 0.15) is 44.3 Å². The summed E-state index contributed by atoms with van der Waals surface area (Å²) in [5, 5.41) is 8.82. The Labute approximate surface area is 158 Å². The largest absolute Gasteiger partial charge is 0.345 e. The van der Waals surface area contributed by atoms with E-state index >= 15 is 0 Å². The van der Waals surface area contributed by atoms with Crippen molar-refractivity contribution in [1.29, 1.82) is 0 Å². The number of aromatic amines is 1. The summed E-state index contributed by atoms with van der Waals surface area (Å²) < 4.78 is 28.9. The minimum atomic E-state index is -3.12. The number of nitrogens with zero attached hydrogens (tertiary/aromatic N) is 5. The Morgan fingerprint density at radius 3 is 2.85 bits per heavy atom. The van der Waals surface area contributed by atoms with Crippen LogP contribution in [0.3, 0.4) is 0 Å². The lowest BCUT2D eigenvalue weighted by molar-refractivity contribution is 0.306. The molecule has 2 aliphatic rings. The van der Waals surface area contributed by atoms with Gasteiger partial charge in [0.2, 0.25) is 10.0 Å². The van der Waals surface area contributed by atoms with Crippen LogP contribution < -0.4 is 0 Å². The van der Waals surface area contributed by atoms with E-state index in [1.165, 1.54) is 0 Å². The third-order valence-corrected chi connectivity index (χ3v) is 8.31. The molecule has 9 heteroatoms. The summed E-state index contributed by atoms with van der Waals surface area (Å²) in [6, 6.07) is 1.99. The minimum absolute atomic E-state index is 0.182. The average molecular weight is 388 g/mol. The molecule has 2 fully saturated rings. The fourth-order valence-electron chi connectivity index (χ4n) is 4.75. The molecule has 144 valence electrons. The first kappa shape index (κ1) is 17.1. The van der Waals surface area contributed by atoms with Crippen molar-refractivity contribution in [3.63, 3.8) is 0 Å². The van der Waals surface area contributed by atoms with E-state index in [0.717, 1.165) is 48.3 Å². The average Bonchev–Trinajstić information content (AvgIpc) is 3.28. The lowest BCUT2D eigenvalue weighted by Crippen LogP contribution is -2.44. The summed E-state index contributed by atoms with van der Waals surface area (Å²) in [5.74, 6) is 2.03. The van der Waals surface area contributed by atoms with Gasteiger partial charge in [0.25, 0.3) is 0 Å². The van der Waals surface area contributed by atoms with Crippen LogP contribution in [0.15, 0.2) is 18.5 Å². The molecule has 1 saturated heterocycles. The number of rotatable bonds is 5. The maximum absolute atomic E-state index is 12.6. The van der Waals surface area contributed by atoms with Crippen molar-refractivity contribution < 1.29 is 8.42 Å². The third-order valence-electron chi connectivity index (χ3n) is 6.27. The Morgan fingerprint density at radius 1 is 1.26 bits per heavy atom. The van der Waals surface area contributed by atoms with Gasteiger partial charge in [0.05, 0.1) is 17.5 Å². The second kappa shape index (κ2) is 6.27. The van der Waals surface area contributed by atoms with Crippen LogP contribution in [0, 0.1) is 11.8 Å². The molecule has 0 radical (unpaired) electrons. The second-order valence-electron chi connectivity index (χ2n) is 7.86. The maximum atomic E-state index is 12.6. The highest BCUT2D eigenvalue weighted by Gasteiger charge is 2.40.